The zero-order valence-corrected chi connectivity index (χ0v) is 30.7. The number of para-hydroxylation sites is 1. The van der Waals surface area contributed by atoms with Gasteiger partial charge in [-0.2, -0.15) is 0 Å². The summed E-state index contributed by atoms with van der Waals surface area (Å²) in [7, 11) is 0. The molecule has 11 aromatic rings. The third-order valence-corrected chi connectivity index (χ3v) is 11.3. The Kier molecular flexibility index (Phi) is 6.95. The molecule has 0 unspecified atom stereocenters. The van der Waals surface area contributed by atoms with Gasteiger partial charge in [-0.25, -0.2) is 15.0 Å². The highest BCUT2D eigenvalue weighted by Gasteiger charge is 2.21. The van der Waals surface area contributed by atoms with Crippen LogP contribution in [0.2, 0.25) is 0 Å². The number of furan rings is 2. The predicted molar refractivity (Wildman–Crippen MR) is 230 cm³/mol. The second-order valence-corrected chi connectivity index (χ2v) is 14.7. The fraction of sp³-hybridized carbons (Fsp3) is 0.0392. The molecule has 0 bridgehead atoms. The lowest BCUT2D eigenvalue weighted by molar-refractivity contribution is 0.668. The van der Waals surface area contributed by atoms with E-state index in [2.05, 4.69) is 95.6 Å². The quantitative estimate of drug-likeness (QED) is 0.176. The molecule has 1 aliphatic carbocycles. The highest BCUT2D eigenvalue weighted by molar-refractivity contribution is 6.14. The lowest BCUT2D eigenvalue weighted by Gasteiger charge is -2.12. The van der Waals surface area contributed by atoms with Gasteiger partial charge in [0.25, 0.3) is 0 Å². The minimum atomic E-state index is 0.601. The summed E-state index contributed by atoms with van der Waals surface area (Å²) in [5.41, 5.74) is 13.2. The van der Waals surface area contributed by atoms with E-state index >= 15 is 0 Å². The Morgan fingerprint density at radius 2 is 1.14 bits per heavy atom. The minimum absolute atomic E-state index is 0.601. The molecule has 0 spiro atoms. The number of hydrogen-bond donors (Lipinski definition) is 0. The molecular formula is C51H32N4O2. The van der Waals surface area contributed by atoms with Crippen molar-refractivity contribution in [2.45, 2.75) is 12.8 Å². The Hall–Kier alpha value is -7.57. The van der Waals surface area contributed by atoms with Crippen molar-refractivity contribution in [3.63, 3.8) is 0 Å². The van der Waals surface area contributed by atoms with Gasteiger partial charge in [0, 0.05) is 55.0 Å². The van der Waals surface area contributed by atoms with Gasteiger partial charge in [0.1, 0.15) is 22.3 Å². The van der Waals surface area contributed by atoms with Gasteiger partial charge in [0.2, 0.25) is 0 Å². The average Bonchev–Trinajstić information content (AvgIpc) is 3.95. The topological polar surface area (TPSA) is 69.9 Å². The molecule has 6 nitrogen and oxygen atoms in total. The lowest BCUT2D eigenvalue weighted by atomic mass is 9.97. The normalized spacial score (nSPS) is 12.7. The number of aryl methyl sites for hydroxylation is 1. The van der Waals surface area contributed by atoms with E-state index in [9.17, 15) is 0 Å². The maximum Gasteiger partial charge on any atom is 0.164 e. The van der Waals surface area contributed by atoms with Gasteiger partial charge < -0.3 is 13.4 Å². The summed E-state index contributed by atoms with van der Waals surface area (Å²) in [5.74, 6) is 1.85. The van der Waals surface area contributed by atoms with E-state index in [-0.39, 0.29) is 0 Å². The maximum absolute atomic E-state index is 6.57. The van der Waals surface area contributed by atoms with Gasteiger partial charge >= 0.3 is 0 Å². The molecular weight excluding hydrogens is 701 g/mol. The van der Waals surface area contributed by atoms with Crippen LogP contribution in [0.4, 0.5) is 0 Å². The van der Waals surface area contributed by atoms with Crippen LogP contribution in [0.3, 0.4) is 0 Å². The third kappa shape index (κ3) is 5.07. The van der Waals surface area contributed by atoms with Crippen molar-refractivity contribution < 1.29 is 8.83 Å². The Bertz CT molecular complexity index is 3350. The first kappa shape index (κ1) is 31.7. The number of fused-ring (bicyclic) bond motifs is 9. The summed E-state index contributed by atoms with van der Waals surface area (Å²) in [5, 5.41) is 5.53. The Morgan fingerprint density at radius 1 is 0.456 bits per heavy atom. The van der Waals surface area contributed by atoms with E-state index in [1.54, 1.807) is 0 Å². The van der Waals surface area contributed by atoms with Crippen molar-refractivity contribution in [1.29, 1.82) is 0 Å². The van der Waals surface area contributed by atoms with Crippen molar-refractivity contribution in [2.24, 2.45) is 0 Å². The molecule has 1 aliphatic rings. The number of rotatable bonds is 5. The molecule has 7 aromatic carbocycles. The van der Waals surface area contributed by atoms with Crippen molar-refractivity contribution in [3.8, 4) is 51.0 Å². The van der Waals surface area contributed by atoms with Crippen LogP contribution in [0.15, 0.2) is 173 Å². The summed E-state index contributed by atoms with van der Waals surface area (Å²) in [6.07, 6.45) is 6.69. The van der Waals surface area contributed by atoms with Crippen LogP contribution in [0, 0.1) is 0 Å². The number of hydrogen-bond acceptors (Lipinski definition) is 5. The molecule has 0 radical (unpaired) electrons. The maximum atomic E-state index is 6.57. The molecule has 0 fully saturated rings. The van der Waals surface area contributed by atoms with Crippen LogP contribution in [-0.2, 0) is 6.42 Å². The molecule has 0 atom stereocenters. The first-order valence-electron chi connectivity index (χ1n) is 19.3. The molecule has 12 rings (SSSR count). The molecule has 4 aromatic heterocycles. The van der Waals surface area contributed by atoms with Gasteiger partial charge in [-0.3, -0.25) is 0 Å². The molecule has 268 valence electrons. The number of benzene rings is 7. The van der Waals surface area contributed by atoms with Crippen LogP contribution in [-0.4, -0.2) is 19.5 Å². The monoisotopic (exact) mass is 732 g/mol. The summed E-state index contributed by atoms with van der Waals surface area (Å²) < 4.78 is 15.4. The molecule has 57 heavy (non-hydrogen) atoms. The lowest BCUT2D eigenvalue weighted by Crippen LogP contribution is -2.00. The minimum Gasteiger partial charge on any atom is -0.456 e. The smallest absolute Gasteiger partial charge is 0.164 e. The Labute approximate surface area is 327 Å². The highest BCUT2D eigenvalue weighted by Crippen LogP contribution is 2.41. The van der Waals surface area contributed by atoms with E-state index in [0.717, 1.165) is 90.2 Å². The molecule has 0 N–H and O–H groups in total. The van der Waals surface area contributed by atoms with Crippen LogP contribution < -0.4 is 0 Å². The van der Waals surface area contributed by atoms with Crippen LogP contribution in [0.5, 0.6) is 0 Å². The fourth-order valence-corrected chi connectivity index (χ4v) is 8.68. The number of aromatic nitrogens is 4. The van der Waals surface area contributed by atoms with Gasteiger partial charge in [-0.1, -0.05) is 103 Å². The second-order valence-electron chi connectivity index (χ2n) is 14.7. The van der Waals surface area contributed by atoms with Crippen molar-refractivity contribution in [1.82, 2.24) is 19.5 Å². The fourth-order valence-electron chi connectivity index (χ4n) is 8.68. The highest BCUT2D eigenvalue weighted by atomic mass is 16.3. The van der Waals surface area contributed by atoms with Crippen molar-refractivity contribution in [2.75, 3.05) is 0 Å². The summed E-state index contributed by atoms with van der Waals surface area (Å²) >= 11 is 0. The van der Waals surface area contributed by atoms with Gasteiger partial charge in [0.05, 0.1) is 5.52 Å². The largest absolute Gasteiger partial charge is 0.456 e. The van der Waals surface area contributed by atoms with E-state index in [1.807, 2.05) is 78.9 Å². The van der Waals surface area contributed by atoms with Gasteiger partial charge in [-0.15, -0.1) is 0 Å². The first-order valence-corrected chi connectivity index (χ1v) is 19.3. The third-order valence-electron chi connectivity index (χ3n) is 11.3. The van der Waals surface area contributed by atoms with E-state index in [0.29, 0.717) is 17.5 Å². The van der Waals surface area contributed by atoms with E-state index in [1.165, 1.54) is 22.2 Å². The van der Waals surface area contributed by atoms with Crippen molar-refractivity contribution in [3.05, 3.63) is 175 Å². The molecule has 0 saturated carbocycles. The van der Waals surface area contributed by atoms with Crippen LogP contribution in [0.25, 0.3) is 112 Å². The standard InChI is InChI=1S/C51H32N4O2/c1-3-12-31(13-4-1)49-52-50(32-14-5-2-6-15-32)54-51(53-49)34-23-26-45-41(28-34)48-36(18-11-21-46(48)56-45)33-22-25-39-40-30-35(24-27-44(40)57-47(39)29-33)55-42-19-9-7-16-37(42)38-17-8-10-20-43(38)55/h1-7,9-16,18-30H,8,17H2. The van der Waals surface area contributed by atoms with Gasteiger partial charge in [-0.05, 0) is 96.3 Å². The SMILES string of the molecule is C1=Cc2c(c3ccccc3n2-c2ccc3oc4cc(-c5cccc6oc7ccc(-c8nc(-c9ccccc9)nc(-c9ccccc9)n8)cc7c56)ccc4c3c2)CC1. The van der Waals surface area contributed by atoms with Gasteiger partial charge in [0.15, 0.2) is 17.5 Å². The second kappa shape index (κ2) is 12.5. The van der Waals surface area contributed by atoms with E-state index in [4.69, 9.17) is 23.8 Å². The number of nitrogens with zero attached hydrogens (tertiary/aromatic N) is 4. The molecule has 6 heteroatoms. The predicted octanol–water partition coefficient (Wildman–Crippen LogP) is 13.2. The van der Waals surface area contributed by atoms with E-state index < -0.39 is 0 Å². The molecule has 0 saturated heterocycles. The Morgan fingerprint density at radius 3 is 1.95 bits per heavy atom. The Balaban J connectivity index is 0.985. The zero-order chi connectivity index (χ0) is 37.5. The average molecular weight is 733 g/mol. The summed E-state index contributed by atoms with van der Waals surface area (Å²) in [4.78, 5) is 14.9. The molecule has 0 aliphatic heterocycles. The van der Waals surface area contributed by atoms with Crippen molar-refractivity contribution >= 4 is 60.9 Å². The summed E-state index contributed by atoms with van der Waals surface area (Å²) in [6, 6.07) is 54.4. The zero-order valence-electron chi connectivity index (χ0n) is 30.7. The van der Waals surface area contributed by atoms with Crippen LogP contribution in [0.1, 0.15) is 17.7 Å². The molecule has 0 amide bonds. The number of allylic oxidation sites excluding steroid dienone is 1. The summed E-state index contributed by atoms with van der Waals surface area (Å²) in [6.45, 7) is 0. The van der Waals surface area contributed by atoms with Crippen LogP contribution >= 0.6 is 0 Å². The first-order chi connectivity index (χ1) is 28.2. The molecule has 4 heterocycles.